The van der Waals surface area contributed by atoms with Gasteiger partial charge in [-0.05, 0) is 43.5 Å². The molecule has 0 aliphatic rings. The van der Waals surface area contributed by atoms with Gasteiger partial charge in [0.05, 0.1) is 17.7 Å². The van der Waals surface area contributed by atoms with Crippen molar-refractivity contribution >= 4 is 23.9 Å². The van der Waals surface area contributed by atoms with Crippen LogP contribution in [0.4, 0.5) is 0 Å². The molecule has 0 unspecified atom stereocenters. The van der Waals surface area contributed by atoms with Crippen molar-refractivity contribution in [2.45, 2.75) is 45.4 Å². The Morgan fingerprint density at radius 2 is 1.44 bits per heavy atom. The molecule has 0 bridgehead atoms. The zero-order valence-electron chi connectivity index (χ0n) is 14.2. The van der Waals surface area contributed by atoms with Crippen molar-refractivity contribution in [1.82, 2.24) is 0 Å². The Labute approximate surface area is 145 Å². The average Bonchev–Trinajstić information content (AvgIpc) is 2.58. The molecule has 1 aromatic carbocycles. The lowest BCUT2D eigenvalue weighted by Crippen LogP contribution is -2.13. The Morgan fingerprint density at radius 3 is 2.00 bits per heavy atom. The van der Waals surface area contributed by atoms with Gasteiger partial charge in [-0.25, -0.2) is 9.59 Å². The van der Waals surface area contributed by atoms with Gasteiger partial charge in [-0.3, -0.25) is 9.59 Å². The van der Waals surface area contributed by atoms with E-state index in [-0.39, 0.29) is 18.4 Å². The van der Waals surface area contributed by atoms with Crippen LogP contribution in [0.25, 0.3) is 0 Å². The van der Waals surface area contributed by atoms with Crippen LogP contribution in [0.3, 0.4) is 0 Å². The number of carbonyl (C=O) groups excluding carboxylic acids is 3. The molecule has 7 heteroatoms. The maximum Gasteiger partial charge on any atom is 0.345 e. The molecular formula is C18H22O7. The Hall–Kier alpha value is -2.70. The summed E-state index contributed by atoms with van der Waals surface area (Å²) in [6.07, 6.45) is 2.32. The first kappa shape index (κ1) is 20.3. The normalized spacial score (nSPS) is 10.1. The highest BCUT2D eigenvalue weighted by atomic mass is 16.6. The van der Waals surface area contributed by atoms with E-state index in [1.54, 1.807) is 0 Å². The number of unbranched alkanes of at least 4 members (excludes halogenated alkanes) is 2. The number of benzene rings is 1. The standard InChI is InChI=1S/C18H22O7/c1-2-3-12-24-17(22)13-8-10-14(11-9-13)18(23)25-16(21)7-5-4-6-15(19)20/h8-11H,2-7,12H2,1H3,(H,19,20). The fourth-order valence-electron chi connectivity index (χ4n) is 1.89. The van der Waals surface area contributed by atoms with Crippen LogP contribution in [-0.2, 0) is 19.1 Å². The minimum atomic E-state index is -0.933. The first-order valence-electron chi connectivity index (χ1n) is 8.18. The molecule has 7 nitrogen and oxygen atoms in total. The Balaban J connectivity index is 2.44. The molecule has 25 heavy (non-hydrogen) atoms. The molecule has 0 heterocycles. The van der Waals surface area contributed by atoms with Gasteiger partial charge in [0.15, 0.2) is 0 Å². The van der Waals surface area contributed by atoms with E-state index >= 15 is 0 Å². The molecule has 0 amide bonds. The quantitative estimate of drug-likeness (QED) is 0.393. The molecule has 0 fully saturated rings. The lowest BCUT2D eigenvalue weighted by atomic mass is 10.1. The molecule has 1 rings (SSSR count). The number of hydrogen-bond donors (Lipinski definition) is 1. The van der Waals surface area contributed by atoms with Crippen LogP contribution in [0, 0.1) is 0 Å². The zero-order chi connectivity index (χ0) is 18.7. The first-order chi connectivity index (χ1) is 11.9. The minimum absolute atomic E-state index is 0.0269. The smallest absolute Gasteiger partial charge is 0.345 e. The van der Waals surface area contributed by atoms with E-state index in [1.165, 1.54) is 24.3 Å². The molecule has 136 valence electrons. The van der Waals surface area contributed by atoms with E-state index in [0.717, 1.165) is 12.8 Å². The van der Waals surface area contributed by atoms with E-state index in [0.29, 0.717) is 25.0 Å². The topological polar surface area (TPSA) is 107 Å². The van der Waals surface area contributed by atoms with Crippen molar-refractivity contribution in [2.24, 2.45) is 0 Å². The predicted octanol–water partition coefficient (Wildman–Crippen LogP) is 2.97. The van der Waals surface area contributed by atoms with Gasteiger partial charge in [0, 0.05) is 12.8 Å². The summed E-state index contributed by atoms with van der Waals surface area (Å²) in [6.45, 7) is 2.33. The van der Waals surface area contributed by atoms with Crippen LogP contribution < -0.4 is 0 Å². The maximum absolute atomic E-state index is 11.8. The number of aliphatic carboxylic acids is 1. The Kier molecular flexibility index (Phi) is 8.92. The molecule has 0 saturated heterocycles. The van der Waals surface area contributed by atoms with Crippen molar-refractivity contribution in [3.05, 3.63) is 35.4 Å². The third kappa shape index (κ3) is 8.10. The highest BCUT2D eigenvalue weighted by Crippen LogP contribution is 2.09. The molecule has 0 aromatic heterocycles. The van der Waals surface area contributed by atoms with Crippen LogP contribution >= 0.6 is 0 Å². The molecule has 1 N–H and O–H groups in total. The van der Waals surface area contributed by atoms with Gasteiger partial charge < -0.3 is 14.6 Å². The molecule has 1 aromatic rings. The number of hydrogen-bond acceptors (Lipinski definition) is 6. The number of carboxylic acid groups (broad SMARTS) is 1. The molecular weight excluding hydrogens is 328 g/mol. The van der Waals surface area contributed by atoms with E-state index in [2.05, 4.69) is 4.74 Å². The molecule has 0 spiro atoms. The number of carbonyl (C=O) groups is 4. The SMILES string of the molecule is CCCCOC(=O)c1ccc(C(=O)OC(=O)CCCCC(=O)O)cc1. The summed E-state index contributed by atoms with van der Waals surface area (Å²) < 4.78 is 9.74. The van der Waals surface area contributed by atoms with E-state index < -0.39 is 23.9 Å². The van der Waals surface area contributed by atoms with Crippen LogP contribution in [0.5, 0.6) is 0 Å². The van der Waals surface area contributed by atoms with Gasteiger partial charge >= 0.3 is 23.9 Å². The van der Waals surface area contributed by atoms with E-state index in [4.69, 9.17) is 9.84 Å². The second kappa shape index (κ2) is 11.0. The molecule has 0 aliphatic heterocycles. The van der Waals surface area contributed by atoms with Gasteiger partial charge in [-0.1, -0.05) is 13.3 Å². The monoisotopic (exact) mass is 350 g/mol. The van der Waals surface area contributed by atoms with Crippen LogP contribution in [0.1, 0.15) is 66.2 Å². The maximum atomic E-state index is 11.8. The Bertz CT molecular complexity index is 604. The van der Waals surface area contributed by atoms with Gasteiger partial charge in [-0.2, -0.15) is 0 Å². The summed E-state index contributed by atoms with van der Waals surface area (Å²) in [5.41, 5.74) is 0.455. The van der Waals surface area contributed by atoms with Crippen molar-refractivity contribution in [1.29, 1.82) is 0 Å². The number of carboxylic acids is 1. The van der Waals surface area contributed by atoms with E-state index in [1.807, 2.05) is 6.92 Å². The average molecular weight is 350 g/mol. The zero-order valence-corrected chi connectivity index (χ0v) is 14.2. The summed E-state index contributed by atoms with van der Waals surface area (Å²) in [5.74, 6) is -2.92. The third-order valence-electron chi connectivity index (χ3n) is 3.32. The van der Waals surface area contributed by atoms with Crippen LogP contribution in [0.2, 0.25) is 0 Å². The summed E-state index contributed by atoms with van der Waals surface area (Å²) >= 11 is 0. The highest BCUT2D eigenvalue weighted by Gasteiger charge is 2.14. The van der Waals surface area contributed by atoms with Gasteiger partial charge in [0.25, 0.3) is 0 Å². The van der Waals surface area contributed by atoms with Crippen molar-refractivity contribution in [3.8, 4) is 0 Å². The molecule has 0 aliphatic carbocycles. The lowest BCUT2D eigenvalue weighted by Gasteiger charge is -2.05. The van der Waals surface area contributed by atoms with Crippen molar-refractivity contribution < 1.29 is 33.8 Å². The molecule has 0 atom stereocenters. The van der Waals surface area contributed by atoms with Gasteiger partial charge in [-0.15, -0.1) is 0 Å². The van der Waals surface area contributed by atoms with Crippen molar-refractivity contribution in [3.63, 3.8) is 0 Å². The molecule has 0 saturated carbocycles. The first-order valence-corrected chi connectivity index (χ1v) is 8.18. The number of rotatable bonds is 10. The largest absolute Gasteiger partial charge is 0.481 e. The second-order valence-electron chi connectivity index (χ2n) is 5.43. The summed E-state index contributed by atoms with van der Waals surface area (Å²) in [5, 5.41) is 8.49. The van der Waals surface area contributed by atoms with Crippen LogP contribution in [0.15, 0.2) is 24.3 Å². The fourth-order valence-corrected chi connectivity index (χ4v) is 1.89. The second-order valence-corrected chi connectivity index (χ2v) is 5.43. The predicted molar refractivity (Wildman–Crippen MR) is 88.2 cm³/mol. The number of esters is 3. The fraction of sp³-hybridized carbons (Fsp3) is 0.444. The highest BCUT2D eigenvalue weighted by molar-refractivity contribution is 5.98. The lowest BCUT2D eigenvalue weighted by molar-refractivity contribution is -0.139. The number of ether oxygens (including phenoxy) is 2. The summed E-state index contributed by atoms with van der Waals surface area (Å²) in [7, 11) is 0. The Morgan fingerprint density at radius 1 is 0.880 bits per heavy atom. The van der Waals surface area contributed by atoms with Crippen molar-refractivity contribution in [2.75, 3.05) is 6.61 Å². The third-order valence-corrected chi connectivity index (χ3v) is 3.32. The van der Waals surface area contributed by atoms with Crippen LogP contribution in [-0.4, -0.2) is 35.6 Å². The van der Waals surface area contributed by atoms with Gasteiger partial charge in [0.1, 0.15) is 0 Å². The minimum Gasteiger partial charge on any atom is -0.481 e. The van der Waals surface area contributed by atoms with Gasteiger partial charge in [0.2, 0.25) is 0 Å². The van der Waals surface area contributed by atoms with E-state index in [9.17, 15) is 19.2 Å². The summed E-state index contributed by atoms with van der Waals surface area (Å²) in [4.78, 5) is 45.5. The molecule has 0 radical (unpaired) electrons. The summed E-state index contributed by atoms with van der Waals surface area (Å²) in [6, 6.07) is 5.64.